The molecular formula is C21H25BrN2O5S. The predicted octanol–water partition coefficient (Wildman–Crippen LogP) is 3.20. The molecule has 1 amide bonds. The third-order valence-electron chi connectivity index (χ3n) is 4.69. The van der Waals surface area contributed by atoms with Crippen molar-refractivity contribution in [2.75, 3.05) is 26.2 Å². The second-order valence-corrected chi connectivity index (χ2v) is 9.79. The van der Waals surface area contributed by atoms with Gasteiger partial charge >= 0.3 is 0 Å². The summed E-state index contributed by atoms with van der Waals surface area (Å²) in [5.74, 6) is 0.915. The van der Waals surface area contributed by atoms with Crippen LogP contribution in [0.2, 0.25) is 0 Å². The zero-order chi connectivity index (χ0) is 21.6. The molecule has 162 valence electrons. The minimum atomic E-state index is -3.43. The summed E-state index contributed by atoms with van der Waals surface area (Å²) in [6.07, 6.45) is 1.17. The van der Waals surface area contributed by atoms with Crippen molar-refractivity contribution >= 4 is 31.9 Å². The van der Waals surface area contributed by atoms with Gasteiger partial charge in [-0.25, -0.2) is 8.42 Å². The fourth-order valence-corrected chi connectivity index (χ4v) is 4.82. The number of hydrogen-bond acceptors (Lipinski definition) is 5. The third-order valence-corrected chi connectivity index (χ3v) is 7.13. The zero-order valence-electron chi connectivity index (χ0n) is 16.7. The maximum absolute atomic E-state index is 12.5. The number of sulfonamides is 1. The van der Waals surface area contributed by atoms with Gasteiger partial charge in [0.15, 0.2) is 6.10 Å². The van der Waals surface area contributed by atoms with Crippen LogP contribution < -0.4 is 14.8 Å². The van der Waals surface area contributed by atoms with Crippen LogP contribution in [0.4, 0.5) is 0 Å². The van der Waals surface area contributed by atoms with Crippen molar-refractivity contribution in [1.29, 1.82) is 0 Å². The summed E-state index contributed by atoms with van der Waals surface area (Å²) in [6.45, 7) is 3.39. The van der Waals surface area contributed by atoms with Gasteiger partial charge in [0.1, 0.15) is 18.1 Å². The van der Waals surface area contributed by atoms with E-state index < -0.39 is 16.1 Å². The van der Waals surface area contributed by atoms with E-state index in [1.807, 2.05) is 12.1 Å². The van der Waals surface area contributed by atoms with Crippen LogP contribution in [-0.4, -0.2) is 51.0 Å². The quantitative estimate of drug-likeness (QED) is 0.538. The molecule has 0 bridgehead atoms. The molecule has 2 aromatic carbocycles. The molecule has 0 unspecified atom stereocenters. The number of hydrogen-bond donors (Lipinski definition) is 1. The van der Waals surface area contributed by atoms with Gasteiger partial charge in [-0.05, 0) is 68.3 Å². The highest BCUT2D eigenvalue weighted by atomic mass is 79.9. The lowest BCUT2D eigenvalue weighted by atomic mass is 10.3. The highest BCUT2D eigenvalue weighted by Gasteiger charge is 2.26. The van der Waals surface area contributed by atoms with Crippen LogP contribution in [-0.2, 0) is 14.8 Å². The van der Waals surface area contributed by atoms with E-state index in [0.717, 1.165) is 17.3 Å². The topological polar surface area (TPSA) is 84.9 Å². The summed E-state index contributed by atoms with van der Waals surface area (Å²) in [4.78, 5) is 12.4. The van der Waals surface area contributed by atoms with Crippen LogP contribution in [0.5, 0.6) is 11.5 Å². The number of carbonyl (C=O) groups excluding carboxylic acids is 1. The van der Waals surface area contributed by atoms with Crippen LogP contribution in [0.3, 0.4) is 0 Å². The van der Waals surface area contributed by atoms with E-state index in [-0.39, 0.29) is 17.4 Å². The molecule has 1 aliphatic heterocycles. The molecule has 1 heterocycles. The molecule has 1 N–H and O–H groups in total. The van der Waals surface area contributed by atoms with Gasteiger partial charge < -0.3 is 14.8 Å². The van der Waals surface area contributed by atoms with E-state index >= 15 is 0 Å². The Morgan fingerprint density at radius 3 is 2.30 bits per heavy atom. The minimum Gasteiger partial charge on any atom is -0.492 e. The molecule has 7 nitrogen and oxygen atoms in total. The van der Waals surface area contributed by atoms with E-state index in [9.17, 15) is 13.2 Å². The molecule has 0 aliphatic carbocycles. The predicted molar refractivity (Wildman–Crippen MR) is 117 cm³/mol. The normalized spacial score (nSPS) is 15.5. The van der Waals surface area contributed by atoms with Crippen molar-refractivity contribution in [2.45, 2.75) is 30.8 Å². The summed E-state index contributed by atoms with van der Waals surface area (Å²) in [6, 6.07) is 13.6. The lowest BCUT2D eigenvalue weighted by Gasteiger charge is -2.16. The molecule has 1 saturated heterocycles. The van der Waals surface area contributed by atoms with Crippen LogP contribution >= 0.6 is 15.9 Å². The SMILES string of the molecule is C[C@H](Oc1ccc(Br)cc1)C(=O)NCCOc1ccc(S(=O)(=O)N2CCCC2)cc1. The molecular weight excluding hydrogens is 472 g/mol. The maximum Gasteiger partial charge on any atom is 0.260 e. The number of nitrogens with zero attached hydrogens (tertiary/aromatic N) is 1. The lowest BCUT2D eigenvalue weighted by molar-refractivity contribution is -0.127. The van der Waals surface area contributed by atoms with E-state index in [0.29, 0.717) is 31.1 Å². The summed E-state index contributed by atoms with van der Waals surface area (Å²) < 4.78 is 38.7. The van der Waals surface area contributed by atoms with Gasteiger partial charge in [-0.15, -0.1) is 0 Å². The average Bonchev–Trinajstić information content (AvgIpc) is 3.29. The Hall–Kier alpha value is -2.10. The Bertz CT molecular complexity index is 942. The van der Waals surface area contributed by atoms with Gasteiger partial charge in [0.05, 0.1) is 11.4 Å². The Balaban J connectivity index is 1.41. The molecule has 1 atom stereocenters. The van der Waals surface area contributed by atoms with E-state index in [1.54, 1.807) is 43.3 Å². The standard InChI is InChI=1S/C21H25BrN2O5S/c1-16(29-19-6-4-17(22)5-7-19)21(25)23-12-15-28-18-8-10-20(11-9-18)30(26,27)24-13-2-3-14-24/h4-11,16H,2-3,12-15H2,1H3,(H,23,25)/t16-/m0/s1. The number of benzene rings is 2. The first kappa shape index (κ1) is 22.6. The summed E-state index contributed by atoms with van der Waals surface area (Å²) in [5, 5.41) is 2.76. The molecule has 0 spiro atoms. The summed E-state index contributed by atoms with van der Waals surface area (Å²) in [5.41, 5.74) is 0. The molecule has 30 heavy (non-hydrogen) atoms. The molecule has 0 saturated carbocycles. The maximum atomic E-state index is 12.5. The molecule has 0 radical (unpaired) electrons. The number of halogens is 1. The van der Waals surface area contributed by atoms with Crippen LogP contribution in [0.25, 0.3) is 0 Å². The molecule has 2 aromatic rings. The number of carbonyl (C=O) groups is 1. The molecule has 0 aromatic heterocycles. The van der Waals surface area contributed by atoms with Crippen molar-refractivity contribution in [2.24, 2.45) is 0 Å². The largest absolute Gasteiger partial charge is 0.492 e. The van der Waals surface area contributed by atoms with Gasteiger partial charge in [-0.1, -0.05) is 15.9 Å². The van der Waals surface area contributed by atoms with E-state index in [4.69, 9.17) is 9.47 Å². The van der Waals surface area contributed by atoms with Crippen molar-refractivity contribution in [3.8, 4) is 11.5 Å². The molecule has 1 aliphatic rings. The van der Waals surface area contributed by atoms with E-state index in [1.165, 1.54) is 4.31 Å². The van der Waals surface area contributed by atoms with Crippen molar-refractivity contribution in [1.82, 2.24) is 9.62 Å². The first-order valence-corrected chi connectivity index (χ1v) is 12.0. The molecule has 3 rings (SSSR count). The number of rotatable bonds is 9. The highest BCUT2D eigenvalue weighted by Crippen LogP contribution is 2.23. The number of amides is 1. The van der Waals surface area contributed by atoms with Crippen molar-refractivity contribution in [3.05, 3.63) is 53.0 Å². The fraction of sp³-hybridized carbons (Fsp3) is 0.381. The Morgan fingerprint density at radius 2 is 1.67 bits per heavy atom. The number of nitrogens with one attached hydrogen (secondary N) is 1. The van der Waals surface area contributed by atoms with Crippen LogP contribution in [0.15, 0.2) is 57.9 Å². The first-order chi connectivity index (χ1) is 14.4. The minimum absolute atomic E-state index is 0.242. The molecule has 9 heteroatoms. The fourth-order valence-electron chi connectivity index (χ4n) is 3.04. The van der Waals surface area contributed by atoms with Crippen molar-refractivity contribution < 1.29 is 22.7 Å². The summed E-state index contributed by atoms with van der Waals surface area (Å²) >= 11 is 3.35. The Morgan fingerprint density at radius 1 is 1.07 bits per heavy atom. The smallest absolute Gasteiger partial charge is 0.260 e. The lowest BCUT2D eigenvalue weighted by Crippen LogP contribution is -2.38. The average molecular weight is 497 g/mol. The van der Waals surface area contributed by atoms with Gasteiger partial charge in [0.25, 0.3) is 5.91 Å². The Kier molecular flexibility index (Phi) is 7.74. The first-order valence-electron chi connectivity index (χ1n) is 9.79. The Labute approximate surface area is 185 Å². The second kappa shape index (κ2) is 10.3. The van der Waals surface area contributed by atoms with Crippen LogP contribution in [0.1, 0.15) is 19.8 Å². The van der Waals surface area contributed by atoms with Crippen molar-refractivity contribution in [3.63, 3.8) is 0 Å². The second-order valence-electron chi connectivity index (χ2n) is 6.94. The van der Waals surface area contributed by atoms with E-state index in [2.05, 4.69) is 21.2 Å². The molecule has 1 fully saturated rings. The van der Waals surface area contributed by atoms with Gasteiger partial charge in [-0.3, -0.25) is 4.79 Å². The highest BCUT2D eigenvalue weighted by molar-refractivity contribution is 9.10. The zero-order valence-corrected chi connectivity index (χ0v) is 19.1. The van der Waals surface area contributed by atoms with Gasteiger partial charge in [-0.2, -0.15) is 4.31 Å². The monoisotopic (exact) mass is 496 g/mol. The number of ether oxygens (including phenoxy) is 2. The summed E-state index contributed by atoms with van der Waals surface area (Å²) in [7, 11) is -3.43. The van der Waals surface area contributed by atoms with Gasteiger partial charge in [0.2, 0.25) is 10.0 Å². The van der Waals surface area contributed by atoms with Gasteiger partial charge in [0, 0.05) is 17.6 Å². The third kappa shape index (κ3) is 5.96. The van der Waals surface area contributed by atoms with Crippen LogP contribution in [0, 0.1) is 0 Å².